The molecule has 2 atom stereocenters. The van der Waals surface area contributed by atoms with Crippen LogP contribution in [0.4, 0.5) is 0 Å². The first-order chi connectivity index (χ1) is 10.2. The van der Waals surface area contributed by atoms with Crippen LogP contribution in [0.25, 0.3) is 0 Å². The van der Waals surface area contributed by atoms with Gasteiger partial charge in [0.25, 0.3) is 5.91 Å². The van der Waals surface area contributed by atoms with Crippen LogP contribution in [0.5, 0.6) is 11.5 Å². The van der Waals surface area contributed by atoms with Crippen molar-refractivity contribution in [3.05, 3.63) is 24.3 Å². The topological polar surface area (TPSA) is 47.6 Å². The zero-order valence-corrected chi connectivity index (χ0v) is 12.9. The van der Waals surface area contributed by atoms with E-state index in [1.54, 1.807) is 0 Å². The maximum Gasteiger partial charge on any atom is 0.258 e. The van der Waals surface area contributed by atoms with Gasteiger partial charge in [-0.1, -0.05) is 31.9 Å². The van der Waals surface area contributed by atoms with Crippen molar-refractivity contribution in [3.63, 3.8) is 0 Å². The maximum atomic E-state index is 12.0. The molecule has 1 aromatic carbocycles. The summed E-state index contributed by atoms with van der Waals surface area (Å²) < 4.78 is 11.1. The molecule has 0 spiro atoms. The van der Waals surface area contributed by atoms with Crippen LogP contribution < -0.4 is 14.8 Å². The van der Waals surface area contributed by atoms with Gasteiger partial charge in [0.15, 0.2) is 18.1 Å². The summed E-state index contributed by atoms with van der Waals surface area (Å²) in [6.07, 6.45) is 4.73. The molecule has 0 unspecified atom stereocenters. The molecule has 1 N–H and O–H groups in total. The summed E-state index contributed by atoms with van der Waals surface area (Å²) in [7, 11) is 0. The molecule has 0 radical (unpaired) electrons. The van der Waals surface area contributed by atoms with Gasteiger partial charge in [0.2, 0.25) is 0 Å². The van der Waals surface area contributed by atoms with Crippen molar-refractivity contribution in [1.29, 1.82) is 0 Å². The minimum Gasteiger partial charge on any atom is -0.490 e. The lowest BCUT2D eigenvalue weighted by atomic mass is 9.86. The fourth-order valence-corrected chi connectivity index (χ4v) is 2.77. The van der Waals surface area contributed by atoms with Gasteiger partial charge in [-0.25, -0.2) is 0 Å². The lowest BCUT2D eigenvalue weighted by molar-refractivity contribution is -0.124. The fourth-order valence-electron chi connectivity index (χ4n) is 2.77. The largest absolute Gasteiger partial charge is 0.490 e. The van der Waals surface area contributed by atoms with Crippen LogP contribution >= 0.6 is 0 Å². The van der Waals surface area contributed by atoms with E-state index in [1.165, 1.54) is 19.3 Å². The number of hydrogen-bond acceptors (Lipinski definition) is 3. The molecule has 1 aliphatic rings. The van der Waals surface area contributed by atoms with E-state index in [9.17, 15) is 4.79 Å². The highest BCUT2D eigenvalue weighted by atomic mass is 16.5. The molecule has 4 heteroatoms. The summed E-state index contributed by atoms with van der Waals surface area (Å²) in [6.45, 7) is 4.74. The van der Waals surface area contributed by atoms with Crippen LogP contribution in [-0.4, -0.2) is 25.2 Å². The average molecular weight is 291 g/mol. The highest BCUT2D eigenvalue weighted by Gasteiger charge is 2.22. The Morgan fingerprint density at radius 2 is 1.86 bits per heavy atom. The molecule has 1 aliphatic carbocycles. The van der Waals surface area contributed by atoms with Crippen LogP contribution in [0.15, 0.2) is 24.3 Å². The van der Waals surface area contributed by atoms with Crippen molar-refractivity contribution < 1.29 is 14.3 Å². The number of hydrogen-bond donors (Lipinski definition) is 1. The Morgan fingerprint density at radius 1 is 1.19 bits per heavy atom. The summed E-state index contributed by atoms with van der Waals surface area (Å²) in [5.41, 5.74) is 0. The monoisotopic (exact) mass is 291 g/mol. The summed E-state index contributed by atoms with van der Waals surface area (Å²) in [4.78, 5) is 12.0. The van der Waals surface area contributed by atoms with E-state index in [0.29, 0.717) is 24.0 Å². The molecule has 2 rings (SSSR count). The van der Waals surface area contributed by atoms with Crippen molar-refractivity contribution in [2.24, 2.45) is 5.92 Å². The Bertz CT molecular complexity index is 461. The number of rotatable bonds is 6. The predicted octanol–water partition coefficient (Wildman–Crippen LogP) is 3.16. The van der Waals surface area contributed by atoms with Gasteiger partial charge < -0.3 is 14.8 Å². The van der Waals surface area contributed by atoms with Crippen molar-refractivity contribution in [2.45, 2.75) is 45.6 Å². The SMILES string of the molecule is CCOc1ccccc1OCC(=O)N[C@@H]1CCCC[C@@H]1C. The quantitative estimate of drug-likeness (QED) is 0.876. The second-order valence-electron chi connectivity index (χ2n) is 5.60. The Balaban J connectivity index is 1.83. The van der Waals surface area contributed by atoms with E-state index in [1.807, 2.05) is 31.2 Å². The molecule has 0 aromatic heterocycles. The highest BCUT2D eigenvalue weighted by molar-refractivity contribution is 5.78. The maximum absolute atomic E-state index is 12.0. The van der Waals surface area contributed by atoms with Crippen LogP contribution in [0, 0.1) is 5.92 Å². The number of carbonyl (C=O) groups excluding carboxylic acids is 1. The van der Waals surface area contributed by atoms with Gasteiger partial charge in [0.1, 0.15) is 0 Å². The van der Waals surface area contributed by atoms with Crippen molar-refractivity contribution in [3.8, 4) is 11.5 Å². The number of nitrogens with one attached hydrogen (secondary N) is 1. The number of benzene rings is 1. The zero-order valence-electron chi connectivity index (χ0n) is 12.9. The van der Waals surface area contributed by atoms with Crippen LogP contribution in [-0.2, 0) is 4.79 Å². The lowest BCUT2D eigenvalue weighted by Crippen LogP contribution is -2.43. The van der Waals surface area contributed by atoms with Gasteiger partial charge in [-0.2, -0.15) is 0 Å². The molecule has 1 aromatic rings. The standard InChI is InChI=1S/C17H25NO3/c1-3-20-15-10-6-7-11-16(15)21-12-17(19)18-14-9-5-4-8-13(14)2/h6-7,10-11,13-14H,3-5,8-9,12H2,1-2H3,(H,18,19)/t13-,14+/m0/s1. The third-order valence-corrected chi connectivity index (χ3v) is 3.97. The molecular formula is C17H25NO3. The van der Waals surface area contributed by atoms with E-state index in [4.69, 9.17) is 9.47 Å². The van der Waals surface area contributed by atoms with E-state index < -0.39 is 0 Å². The second-order valence-corrected chi connectivity index (χ2v) is 5.60. The first-order valence-corrected chi connectivity index (χ1v) is 7.84. The average Bonchev–Trinajstić information content (AvgIpc) is 2.49. The van der Waals surface area contributed by atoms with Gasteiger partial charge in [0, 0.05) is 6.04 Å². The molecule has 21 heavy (non-hydrogen) atoms. The van der Waals surface area contributed by atoms with Crippen molar-refractivity contribution in [2.75, 3.05) is 13.2 Å². The minimum absolute atomic E-state index is 0.0350. The molecule has 0 bridgehead atoms. The second kappa shape index (κ2) is 7.91. The molecule has 0 aliphatic heterocycles. The summed E-state index contributed by atoms with van der Waals surface area (Å²) in [6, 6.07) is 7.72. The normalized spacial score (nSPS) is 21.6. The van der Waals surface area contributed by atoms with Crippen molar-refractivity contribution in [1.82, 2.24) is 5.32 Å². The number of carbonyl (C=O) groups is 1. The van der Waals surface area contributed by atoms with Crippen LogP contribution in [0.2, 0.25) is 0 Å². The smallest absolute Gasteiger partial charge is 0.258 e. The zero-order chi connectivity index (χ0) is 15.1. The van der Waals surface area contributed by atoms with E-state index in [2.05, 4.69) is 12.2 Å². The highest BCUT2D eigenvalue weighted by Crippen LogP contribution is 2.26. The fraction of sp³-hybridized carbons (Fsp3) is 0.588. The summed E-state index contributed by atoms with van der Waals surface area (Å²) >= 11 is 0. The van der Waals surface area contributed by atoms with E-state index in [-0.39, 0.29) is 18.6 Å². The minimum atomic E-state index is -0.0555. The predicted molar refractivity (Wildman–Crippen MR) is 82.7 cm³/mol. The lowest BCUT2D eigenvalue weighted by Gasteiger charge is -2.29. The van der Waals surface area contributed by atoms with E-state index in [0.717, 1.165) is 6.42 Å². The molecule has 0 saturated heterocycles. The third kappa shape index (κ3) is 4.66. The van der Waals surface area contributed by atoms with Crippen LogP contribution in [0.3, 0.4) is 0 Å². The molecule has 1 amide bonds. The van der Waals surface area contributed by atoms with Gasteiger partial charge in [0.05, 0.1) is 6.61 Å². The number of para-hydroxylation sites is 2. The van der Waals surface area contributed by atoms with Crippen molar-refractivity contribution >= 4 is 5.91 Å². The molecule has 1 fully saturated rings. The Kier molecular flexibility index (Phi) is 5.90. The Morgan fingerprint density at radius 3 is 2.52 bits per heavy atom. The molecule has 4 nitrogen and oxygen atoms in total. The first-order valence-electron chi connectivity index (χ1n) is 7.84. The van der Waals surface area contributed by atoms with Crippen LogP contribution in [0.1, 0.15) is 39.5 Å². The Hall–Kier alpha value is -1.71. The van der Waals surface area contributed by atoms with Gasteiger partial charge in [-0.3, -0.25) is 4.79 Å². The third-order valence-electron chi connectivity index (χ3n) is 3.97. The summed E-state index contributed by atoms with van der Waals surface area (Å²) in [5.74, 6) is 1.79. The Labute approximate surface area is 126 Å². The van der Waals surface area contributed by atoms with Gasteiger partial charge in [-0.15, -0.1) is 0 Å². The number of ether oxygens (including phenoxy) is 2. The molecule has 0 heterocycles. The van der Waals surface area contributed by atoms with Gasteiger partial charge in [-0.05, 0) is 37.8 Å². The summed E-state index contributed by atoms with van der Waals surface area (Å²) in [5, 5.41) is 3.09. The van der Waals surface area contributed by atoms with Gasteiger partial charge >= 0.3 is 0 Å². The van der Waals surface area contributed by atoms with E-state index >= 15 is 0 Å². The number of amides is 1. The first kappa shape index (κ1) is 15.7. The molecule has 1 saturated carbocycles. The molecular weight excluding hydrogens is 266 g/mol. The molecule has 116 valence electrons.